The lowest BCUT2D eigenvalue weighted by Gasteiger charge is -2.32. The maximum absolute atomic E-state index is 12.8. The van der Waals surface area contributed by atoms with Crippen LogP contribution in [0.5, 0.6) is 5.75 Å². The third-order valence-electron chi connectivity index (χ3n) is 6.38. The average Bonchev–Trinajstić information content (AvgIpc) is 3.65. The van der Waals surface area contributed by atoms with Crippen LogP contribution in [0.2, 0.25) is 0 Å². The van der Waals surface area contributed by atoms with Gasteiger partial charge in [-0.1, -0.05) is 0 Å². The molecule has 1 saturated carbocycles. The number of carbonyl (C=O) groups excluding carboxylic acids is 2. The third-order valence-corrected chi connectivity index (χ3v) is 7.65. The van der Waals surface area contributed by atoms with Crippen LogP contribution in [-0.2, 0) is 19.6 Å². The predicted molar refractivity (Wildman–Crippen MR) is 137 cm³/mol. The van der Waals surface area contributed by atoms with Crippen LogP contribution < -0.4 is 14.8 Å². The van der Waals surface area contributed by atoms with E-state index in [9.17, 15) is 18.0 Å². The molecule has 1 saturated heterocycles. The van der Waals surface area contributed by atoms with Gasteiger partial charge in [0.15, 0.2) is 0 Å². The molecule has 2 fully saturated rings. The van der Waals surface area contributed by atoms with E-state index in [1.54, 1.807) is 30.0 Å². The van der Waals surface area contributed by atoms with Crippen LogP contribution in [0.3, 0.4) is 0 Å². The molecule has 12 heteroatoms. The van der Waals surface area contributed by atoms with Crippen LogP contribution in [0, 0.1) is 5.92 Å². The number of imidazole rings is 1. The molecule has 11 nitrogen and oxygen atoms in total. The third kappa shape index (κ3) is 5.96. The first kappa shape index (κ1) is 24.9. The minimum atomic E-state index is -4.06. The summed E-state index contributed by atoms with van der Waals surface area (Å²) in [6.07, 6.45) is 3.02. The summed E-state index contributed by atoms with van der Waals surface area (Å²) in [5.41, 5.74) is 1.92. The second-order valence-electron chi connectivity index (χ2n) is 9.19. The molecule has 0 spiro atoms. The Morgan fingerprint density at radius 1 is 1.08 bits per heavy atom. The number of hydrogen-bond acceptors (Lipinski definition) is 8. The summed E-state index contributed by atoms with van der Waals surface area (Å²) < 4.78 is 36.1. The fourth-order valence-corrected chi connectivity index (χ4v) is 5.14. The minimum absolute atomic E-state index is 0.0253. The van der Waals surface area contributed by atoms with E-state index in [4.69, 9.17) is 8.92 Å². The maximum atomic E-state index is 12.8. The summed E-state index contributed by atoms with van der Waals surface area (Å²) in [6, 6.07) is 11.2. The van der Waals surface area contributed by atoms with Crippen molar-refractivity contribution < 1.29 is 26.9 Å². The molecule has 0 bridgehead atoms. The Kier molecular flexibility index (Phi) is 6.92. The van der Waals surface area contributed by atoms with Crippen LogP contribution in [0.1, 0.15) is 32.6 Å². The number of carbonyl (C=O) groups is 2. The van der Waals surface area contributed by atoms with Gasteiger partial charge in [0.1, 0.15) is 10.6 Å². The number of likely N-dealkylation sites (tertiary alicyclic amines) is 1. The molecule has 0 unspecified atom stereocenters. The number of rotatable bonds is 8. The Labute approximate surface area is 214 Å². The van der Waals surface area contributed by atoms with Crippen molar-refractivity contribution in [3.8, 4) is 5.75 Å². The monoisotopic (exact) mass is 527 g/mol. The SMILES string of the molecule is CCOC(=O)N1CCC(Nc2ccc(S(=O)(=O)Oc3ccc4nc(NC(=O)C5CC5)[nH]c4c3)cc2)CC1. The normalized spacial score (nSPS) is 16.4. The number of H-pyrrole nitrogens is 1. The maximum Gasteiger partial charge on any atom is 0.409 e. The number of nitrogens with zero attached hydrogens (tertiary/aromatic N) is 2. The zero-order valence-corrected chi connectivity index (χ0v) is 21.2. The van der Waals surface area contributed by atoms with Crippen molar-refractivity contribution in [3.05, 3.63) is 42.5 Å². The van der Waals surface area contributed by atoms with E-state index in [-0.39, 0.29) is 34.6 Å². The number of benzene rings is 2. The van der Waals surface area contributed by atoms with Gasteiger partial charge in [-0.05, 0) is 69.0 Å². The number of anilines is 2. The number of ether oxygens (including phenoxy) is 1. The molecule has 3 aromatic rings. The molecule has 5 rings (SSSR count). The van der Waals surface area contributed by atoms with E-state index < -0.39 is 10.1 Å². The van der Waals surface area contributed by atoms with Gasteiger partial charge >= 0.3 is 16.2 Å². The van der Waals surface area contributed by atoms with Gasteiger partial charge < -0.3 is 24.1 Å². The molecular weight excluding hydrogens is 498 g/mol. The van der Waals surface area contributed by atoms with E-state index in [2.05, 4.69) is 20.6 Å². The van der Waals surface area contributed by atoms with Crippen molar-refractivity contribution in [1.29, 1.82) is 0 Å². The Bertz CT molecular complexity index is 1390. The van der Waals surface area contributed by atoms with Crippen LogP contribution in [0.25, 0.3) is 11.0 Å². The van der Waals surface area contributed by atoms with Gasteiger partial charge in [0.2, 0.25) is 11.9 Å². The topological polar surface area (TPSA) is 143 Å². The fourth-order valence-electron chi connectivity index (χ4n) is 4.21. The summed E-state index contributed by atoms with van der Waals surface area (Å²) >= 11 is 0. The Balaban J connectivity index is 1.18. The van der Waals surface area contributed by atoms with Gasteiger partial charge in [0, 0.05) is 36.8 Å². The molecule has 1 aliphatic heterocycles. The number of fused-ring (bicyclic) bond motifs is 1. The molecule has 2 aliphatic rings. The summed E-state index contributed by atoms with van der Waals surface area (Å²) in [5.74, 6) is 0.426. The fraction of sp³-hybridized carbons (Fsp3) is 0.400. The van der Waals surface area contributed by atoms with E-state index in [0.717, 1.165) is 31.4 Å². The molecule has 0 atom stereocenters. The van der Waals surface area contributed by atoms with Crippen molar-refractivity contribution >= 4 is 44.8 Å². The smallest absolute Gasteiger partial charge is 0.409 e. The molecule has 2 amide bonds. The van der Waals surface area contributed by atoms with Gasteiger partial charge in [-0.25, -0.2) is 9.78 Å². The quantitative estimate of drug-likeness (QED) is 0.376. The number of nitrogens with one attached hydrogen (secondary N) is 3. The van der Waals surface area contributed by atoms with Crippen LogP contribution in [0.4, 0.5) is 16.4 Å². The highest BCUT2D eigenvalue weighted by molar-refractivity contribution is 7.87. The molecule has 0 radical (unpaired) electrons. The Morgan fingerprint density at radius 3 is 2.49 bits per heavy atom. The van der Waals surface area contributed by atoms with Crippen molar-refractivity contribution in [2.24, 2.45) is 5.92 Å². The van der Waals surface area contributed by atoms with Gasteiger partial charge in [-0.3, -0.25) is 10.1 Å². The standard InChI is InChI=1S/C25H29N5O6S/c1-2-35-25(32)30-13-11-18(12-14-30)26-17-5-8-20(9-6-17)37(33,34)36-19-7-10-21-22(15-19)28-24(27-21)29-23(31)16-3-4-16/h5-10,15-16,18,26H,2-4,11-14H2,1H3,(H2,27,28,29,31). The molecular formula is C25H29N5O6S. The number of amides is 2. The molecule has 3 N–H and O–H groups in total. The highest BCUT2D eigenvalue weighted by Crippen LogP contribution is 2.30. The second-order valence-corrected chi connectivity index (χ2v) is 10.7. The number of piperidine rings is 1. The van der Waals surface area contributed by atoms with E-state index in [0.29, 0.717) is 36.7 Å². The van der Waals surface area contributed by atoms with Crippen molar-refractivity contribution in [2.45, 2.75) is 43.5 Å². The zero-order valence-electron chi connectivity index (χ0n) is 20.4. The summed E-state index contributed by atoms with van der Waals surface area (Å²) in [4.78, 5) is 32.8. The van der Waals surface area contributed by atoms with Crippen LogP contribution in [0.15, 0.2) is 47.4 Å². The lowest BCUT2D eigenvalue weighted by Crippen LogP contribution is -2.42. The predicted octanol–water partition coefficient (Wildman–Crippen LogP) is 3.71. The highest BCUT2D eigenvalue weighted by Gasteiger charge is 2.30. The second kappa shape index (κ2) is 10.3. The van der Waals surface area contributed by atoms with Crippen molar-refractivity contribution in [1.82, 2.24) is 14.9 Å². The molecule has 1 aromatic heterocycles. The zero-order chi connectivity index (χ0) is 26.0. The van der Waals surface area contributed by atoms with Gasteiger partial charge in [-0.15, -0.1) is 0 Å². The van der Waals surface area contributed by atoms with Gasteiger partial charge in [-0.2, -0.15) is 8.42 Å². The highest BCUT2D eigenvalue weighted by atomic mass is 32.2. The van der Waals surface area contributed by atoms with Crippen molar-refractivity contribution in [3.63, 3.8) is 0 Å². The summed E-state index contributed by atoms with van der Waals surface area (Å²) in [6.45, 7) is 3.35. The van der Waals surface area contributed by atoms with E-state index >= 15 is 0 Å². The Morgan fingerprint density at radius 2 is 1.81 bits per heavy atom. The van der Waals surface area contributed by atoms with E-state index in [1.165, 1.54) is 24.3 Å². The molecule has 196 valence electrons. The largest absolute Gasteiger partial charge is 0.450 e. The van der Waals surface area contributed by atoms with Crippen molar-refractivity contribution in [2.75, 3.05) is 30.3 Å². The van der Waals surface area contributed by atoms with Crippen LogP contribution >= 0.6 is 0 Å². The molecule has 37 heavy (non-hydrogen) atoms. The first-order chi connectivity index (χ1) is 17.8. The lowest BCUT2D eigenvalue weighted by atomic mass is 10.1. The first-order valence-electron chi connectivity index (χ1n) is 12.3. The number of aromatic nitrogens is 2. The lowest BCUT2D eigenvalue weighted by molar-refractivity contribution is -0.117. The first-order valence-corrected chi connectivity index (χ1v) is 13.7. The summed E-state index contributed by atoms with van der Waals surface area (Å²) in [7, 11) is -4.06. The van der Waals surface area contributed by atoms with Gasteiger partial charge in [0.05, 0.1) is 17.6 Å². The summed E-state index contributed by atoms with van der Waals surface area (Å²) in [5, 5.41) is 6.13. The van der Waals surface area contributed by atoms with E-state index in [1.807, 2.05) is 0 Å². The number of hydrogen-bond donors (Lipinski definition) is 3. The molecule has 2 heterocycles. The van der Waals surface area contributed by atoms with Crippen LogP contribution in [-0.4, -0.2) is 61.0 Å². The minimum Gasteiger partial charge on any atom is -0.450 e. The molecule has 2 aromatic carbocycles. The Hall–Kier alpha value is -3.80. The molecule has 1 aliphatic carbocycles. The average molecular weight is 528 g/mol. The number of aromatic amines is 1. The van der Waals surface area contributed by atoms with Gasteiger partial charge in [0.25, 0.3) is 0 Å².